The lowest BCUT2D eigenvalue weighted by molar-refractivity contribution is 0.159. The summed E-state index contributed by atoms with van der Waals surface area (Å²) in [6, 6.07) is 14.3. The molecule has 2 aromatic rings. The van der Waals surface area contributed by atoms with Crippen LogP contribution in [0, 0.1) is 6.92 Å². The maximum Gasteiger partial charge on any atom is 0.129 e. The fourth-order valence-electron chi connectivity index (χ4n) is 1.62. The number of benzene rings is 1. The fourth-order valence-corrected chi connectivity index (χ4v) is 2.44. The van der Waals surface area contributed by atoms with Gasteiger partial charge >= 0.3 is 0 Å². The summed E-state index contributed by atoms with van der Waals surface area (Å²) in [5.41, 5.74) is 2.37. The molecule has 0 unspecified atom stereocenters. The number of rotatable bonds is 6. The molecule has 2 rings (SSSR count). The highest BCUT2D eigenvalue weighted by molar-refractivity contribution is 8.00. The minimum absolute atomic E-state index is 0.543. The third kappa shape index (κ3) is 4.26. The van der Waals surface area contributed by atoms with E-state index in [0.29, 0.717) is 13.3 Å². The number of hydrogen-bond donors (Lipinski definition) is 0. The Labute approximate surface area is 118 Å². The van der Waals surface area contributed by atoms with Gasteiger partial charge in [-0.2, -0.15) is 0 Å². The molecule has 0 N–H and O–H groups in total. The molecule has 4 heteroatoms. The number of aromatic nitrogens is 1. The number of ether oxygens (including phenoxy) is 1. The van der Waals surface area contributed by atoms with Crippen molar-refractivity contribution in [2.75, 3.05) is 17.6 Å². The van der Waals surface area contributed by atoms with Crippen LogP contribution < -0.4 is 4.31 Å². The lowest BCUT2D eigenvalue weighted by Gasteiger charge is -2.22. The van der Waals surface area contributed by atoms with Crippen molar-refractivity contribution < 1.29 is 4.74 Å². The molecule has 0 aliphatic rings. The van der Waals surface area contributed by atoms with Gasteiger partial charge in [-0.15, -0.1) is 0 Å². The predicted molar refractivity (Wildman–Crippen MR) is 80.2 cm³/mol. The molecule has 0 atom stereocenters. The molecule has 0 saturated carbocycles. The van der Waals surface area contributed by atoms with Crippen molar-refractivity contribution in [1.82, 2.24) is 4.98 Å². The Morgan fingerprint density at radius 3 is 2.79 bits per heavy atom. The summed E-state index contributed by atoms with van der Waals surface area (Å²) in [4.78, 5) is 4.34. The zero-order chi connectivity index (χ0) is 13.5. The monoisotopic (exact) mass is 274 g/mol. The summed E-state index contributed by atoms with van der Waals surface area (Å²) < 4.78 is 7.65. The zero-order valence-corrected chi connectivity index (χ0v) is 12.1. The van der Waals surface area contributed by atoms with Gasteiger partial charge in [-0.1, -0.05) is 18.2 Å². The topological polar surface area (TPSA) is 25.4 Å². The molecular formula is C15H18N2OS. The Morgan fingerprint density at radius 1 is 1.21 bits per heavy atom. The van der Waals surface area contributed by atoms with E-state index in [1.807, 2.05) is 25.1 Å². The Bertz CT molecular complexity index is 505. The van der Waals surface area contributed by atoms with Gasteiger partial charge in [0.1, 0.15) is 11.8 Å². The Kier molecular flexibility index (Phi) is 5.24. The van der Waals surface area contributed by atoms with Crippen LogP contribution >= 0.6 is 11.9 Å². The van der Waals surface area contributed by atoms with E-state index in [9.17, 15) is 0 Å². The van der Waals surface area contributed by atoms with Gasteiger partial charge in [0.05, 0.1) is 5.69 Å². The summed E-state index contributed by atoms with van der Waals surface area (Å²) in [7, 11) is 0. The minimum Gasteiger partial charge on any atom is -0.360 e. The van der Waals surface area contributed by atoms with E-state index in [2.05, 4.69) is 40.5 Å². The predicted octanol–water partition coefficient (Wildman–Crippen LogP) is 3.90. The fraction of sp³-hybridized carbons (Fsp3) is 0.267. The molecule has 100 valence electrons. The van der Waals surface area contributed by atoms with Crippen molar-refractivity contribution >= 4 is 17.6 Å². The summed E-state index contributed by atoms with van der Waals surface area (Å²) in [6.07, 6.45) is 1.80. The third-order valence-corrected chi connectivity index (χ3v) is 3.51. The summed E-state index contributed by atoms with van der Waals surface area (Å²) in [5, 5.41) is 0.962. The average Bonchev–Trinajstić information content (AvgIpc) is 2.44. The van der Waals surface area contributed by atoms with Gasteiger partial charge in [0.2, 0.25) is 0 Å². The van der Waals surface area contributed by atoms with E-state index in [1.165, 1.54) is 5.56 Å². The number of anilines is 1. The van der Waals surface area contributed by atoms with Gasteiger partial charge in [0.15, 0.2) is 0 Å². The smallest absolute Gasteiger partial charge is 0.129 e. The molecule has 0 fully saturated rings. The number of pyridine rings is 1. The molecule has 3 nitrogen and oxygen atoms in total. The quantitative estimate of drug-likeness (QED) is 0.589. The Hall–Kier alpha value is -1.52. The standard InChI is InChI=1S/C15H18N2OS/c1-3-18-12-17(14-8-6-7-13(2)11-14)19-15-9-4-5-10-16-15/h4-11H,3,12H2,1-2H3. The maximum atomic E-state index is 5.54. The van der Waals surface area contributed by atoms with Crippen LogP contribution in [-0.4, -0.2) is 18.3 Å². The largest absolute Gasteiger partial charge is 0.360 e. The zero-order valence-electron chi connectivity index (χ0n) is 11.2. The highest BCUT2D eigenvalue weighted by Gasteiger charge is 2.09. The molecule has 0 aliphatic heterocycles. The van der Waals surface area contributed by atoms with Gasteiger partial charge in [0.25, 0.3) is 0 Å². The molecule has 19 heavy (non-hydrogen) atoms. The summed E-state index contributed by atoms with van der Waals surface area (Å²) >= 11 is 1.59. The van der Waals surface area contributed by atoms with Crippen LogP contribution in [0.1, 0.15) is 12.5 Å². The molecule has 0 radical (unpaired) electrons. The van der Waals surface area contributed by atoms with Crippen molar-refractivity contribution in [2.24, 2.45) is 0 Å². The van der Waals surface area contributed by atoms with Crippen molar-refractivity contribution in [2.45, 2.75) is 18.9 Å². The molecule has 0 spiro atoms. The van der Waals surface area contributed by atoms with E-state index in [1.54, 1.807) is 18.1 Å². The van der Waals surface area contributed by atoms with Crippen LogP contribution in [0.5, 0.6) is 0 Å². The molecule has 0 aliphatic carbocycles. The minimum atomic E-state index is 0.543. The van der Waals surface area contributed by atoms with Crippen LogP contribution in [0.4, 0.5) is 5.69 Å². The van der Waals surface area contributed by atoms with Gasteiger partial charge in [0, 0.05) is 24.8 Å². The summed E-state index contributed by atoms with van der Waals surface area (Å²) in [5.74, 6) is 0. The second kappa shape index (κ2) is 7.16. The lowest BCUT2D eigenvalue weighted by Crippen LogP contribution is -2.18. The first-order chi connectivity index (χ1) is 9.29. The SMILES string of the molecule is CCOCN(Sc1ccccn1)c1cccc(C)c1. The van der Waals surface area contributed by atoms with Gasteiger partial charge in [-0.25, -0.2) is 4.98 Å². The van der Waals surface area contributed by atoms with E-state index >= 15 is 0 Å². The van der Waals surface area contributed by atoms with Crippen molar-refractivity contribution in [3.8, 4) is 0 Å². The molecule has 1 aromatic heterocycles. The van der Waals surface area contributed by atoms with E-state index in [4.69, 9.17) is 4.74 Å². The second-order valence-corrected chi connectivity index (χ2v) is 5.14. The van der Waals surface area contributed by atoms with Crippen LogP contribution in [0.25, 0.3) is 0 Å². The highest BCUT2D eigenvalue weighted by Crippen LogP contribution is 2.27. The van der Waals surface area contributed by atoms with Crippen molar-refractivity contribution in [3.05, 3.63) is 54.2 Å². The van der Waals surface area contributed by atoms with Crippen molar-refractivity contribution in [3.63, 3.8) is 0 Å². The normalized spacial score (nSPS) is 10.4. The lowest BCUT2D eigenvalue weighted by atomic mass is 10.2. The highest BCUT2D eigenvalue weighted by atomic mass is 32.2. The number of aryl methyl sites for hydroxylation is 1. The molecule has 0 saturated heterocycles. The van der Waals surface area contributed by atoms with Crippen molar-refractivity contribution in [1.29, 1.82) is 0 Å². The maximum absolute atomic E-state index is 5.54. The van der Waals surface area contributed by atoms with Gasteiger partial charge in [-0.3, -0.25) is 4.31 Å². The molecule has 1 aromatic carbocycles. The number of hydrogen-bond acceptors (Lipinski definition) is 4. The Morgan fingerprint density at radius 2 is 2.11 bits per heavy atom. The van der Waals surface area contributed by atoms with Crippen LogP contribution in [0.2, 0.25) is 0 Å². The molecule has 0 amide bonds. The summed E-state index contributed by atoms with van der Waals surface area (Å²) in [6.45, 7) is 5.33. The van der Waals surface area contributed by atoms with E-state index in [-0.39, 0.29) is 0 Å². The number of nitrogens with zero attached hydrogens (tertiary/aromatic N) is 2. The molecule has 0 bridgehead atoms. The first-order valence-electron chi connectivity index (χ1n) is 6.30. The first kappa shape index (κ1) is 13.9. The second-order valence-electron chi connectivity index (χ2n) is 4.10. The molecular weight excluding hydrogens is 256 g/mol. The van der Waals surface area contributed by atoms with E-state index in [0.717, 1.165) is 10.7 Å². The van der Waals surface area contributed by atoms with Crippen LogP contribution in [0.3, 0.4) is 0 Å². The Balaban J connectivity index is 2.16. The first-order valence-corrected chi connectivity index (χ1v) is 7.08. The molecule has 1 heterocycles. The van der Waals surface area contributed by atoms with E-state index < -0.39 is 0 Å². The average molecular weight is 274 g/mol. The van der Waals surface area contributed by atoms with Crippen LogP contribution in [0.15, 0.2) is 53.7 Å². The third-order valence-electron chi connectivity index (χ3n) is 2.54. The van der Waals surface area contributed by atoms with Gasteiger partial charge < -0.3 is 4.74 Å². The van der Waals surface area contributed by atoms with Gasteiger partial charge in [-0.05, 0) is 43.7 Å². The van der Waals surface area contributed by atoms with Crippen LogP contribution in [-0.2, 0) is 4.74 Å².